The van der Waals surface area contributed by atoms with E-state index in [4.69, 9.17) is 21.1 Å². The van der Waals surface area contributed by atoms with Crippen molar-refractivity contribution >= 4 is 49.9 Å². The van der Waals surface area contributed by atoms with E-state index in [1.54, 1.807) is 25.3 Å². The fourth-order valence-electron chi connectivity index (χ4n) is 1.98. The molecule has 0 aliphatic carbocycles. The van der Waals surface area contributed by atoms with Crippen molar-refractivity contribution in [2.45, 2.75) is 6.92 Å². The summed E-state index contributed by atoms with van der Waals surface area (Å²) in [5, 5.41) is 1.39. The molecule has 1 unspecified atom stereocenters. The maximum absolute atomic E-state index is 12.5. The van der Waals surface area contributed by atoms with E-state index in [0.717, 1.165) is 16.6 Å². The van der Waals surface area contributed by atoms with Crippen molar-refractivity contribution in [3.8, 4) is 11.5 Å². The second-order valence-electron chi connectivity index (χ2n) is 4.45. The molecular weight excluding hydrogens is 314 g/mol. The van der Waals surface area contributed by atoms with Crippen LogP contribution in [0.5, 0.6) is 11.5 Å². The summed E-state index contributed by atoms with van der Waals surface area (Å²) in [5.74, 6) is 1.29. The molecule has 2 aromatic rings. The van der Waals surface area contributed by atoms with Crippen LogP contribution in [0.2, 0.25) is 5.02 Å². The van der Waals surface area contributed by atoms with Crippen LogP contribution in [0.3, 0.4) is 0 Å². The average molecular weight is 330 g/mol. The van der Waals surface area contributed by atoms with Crippen molar-refractivity contribution in [2.24, 2.45) is 0 Å². The second kappa shape index (κ2) is 8.61. The van der Waals surface area contributed by atoms with E-state index >= 15 is 0 Å². The number of halogens is 1. The van der Waals surface area contributed by atoms with Gasteiger partial charge in [-0.15, -0.1) is 0 Å². The minimum Gasteiger partial charge on any atom is -0.497 e. The van der Waals surface area contributed by atoms with Crippen LogP contribution in [0.4, 0.5) is 0 Å². The van der Waals surface area contributed by atoms with Crippen molar-refractivity contribution in [1.29, 1.82) is 0 Å². The number of ether oxygens (including phenoxy) is 2. The van der Waals surface area contributed by atoms with E-state index in [-0.39, 0.29) is 33.0 Å². The first-order valence-electron chi connectivity index (χ1n) is 6.35. The first-order valence-corrected chi connectivity index (χ1v) is 7.73. The molecule has 6 heteroatoms. The monoisotopic (exact) mass is 329 g/mol. The standard InChI is InChI=1S/C16H16ClO3P.Li/c1-10-9-11(19-2)7-8-14(10)21-16(18)15-12(17)5-4-6-13(15)20-3;/h4-9,21H,1-3H3;. The summed E-state index contributed by atoms with van der Waals surface area (Å²) in [7, 11) is 3.14. The normalized spacial score (nSPS) is 10.4. The number of carbonyl (C=O) groups excluding carboxylic acids is 1. The summed E-state index contributed by atoms with van der Waals surface area (Å²) in [6.07, 6.45) is 0. The summed E-state index contributed by atoms with van der Waals surface area (Å²) in [4.78, 5) is 12.5. The van der Waals surface area contributed by atoms with E-state index in [1.807, 2.05) is 25.1 Å². The number of hydrogen-bond acceptors (Lipinski definition) is 3. The number of rotatable bonds is 5. The molecule has 3 nitrogen and oxygen atoms in total. The maximum atomic E-state index is 12.5. The van der Waals surface area contributed by atoms with Gasteiger partial charge in [0.1, 0.15) is 11.5 Å². The molecule has 0 fully saturated rings. The third-order valence-electron chi connectivity index (χ3n) is 3.10. The molecule has 0 saturated carbocycles. The summed E-state index contributed by atoms with van der Waals surface area (Å²) in [5.41, 5.74) is 1.42. The van der Waals surface area contributed by atoms with Gasteiger partial charge in [-0.2, -0.15) is 0 Å². The predicted molar refractivity (Wildman–Crippen MR) is 93.8 cm³/mol. The molecule has 2 aromatic carbocycles. The SMILES string of the molecule is COc1ccc(PC(=O)c2c(Cl)cccc2OC)c(C)c1.[Li]. The van der Waals surface area contributed by atoms with Gasteiger partial charge in [0.05, 0.1) is 24.8 Å². The van der Waals surface area contributed by atoms with Gasteiger partial charge in [0.15, 0.2) is 5.52 Å². The van der Waals surface area contributed by atoms with Crippen LogP contribution in [0.1, 0.15) is 15.9 Å². The van der Waals surface area contributed by atoms with Gasteiger partial charge in [0.2, 0.25) is 0 Å². The van der Waals surface area contributed by atoms with Crippen molar-refractivity contribution < 1.29 is 14.3 Å². The largest absolute Gasteiger partial charge is 0.497 e. The minimum atomic E-state index is -0.0364. The molecule has 111 valence electrons. The fourth-order valence-corrected chi connectivity index (χ4v) is 3.38. The Morgan fingerprint density at radius 2 is 1.86 bits per heavy atom. The van der Waals surface area contributed by atoms with Crippen LogP contribution < -0.4 is 14.8 Å². The van der Waals surface area contributed by atoms with Crippen LogP contribution in [-0.4, -0.2) is 38.6 Å². The molecular formula is C16H16ClLiO3P. The van der Waals surface area contributed by atoms with E-state index in [2.05, 4.69) is 0 Å². The van der Waals surface area contributed by atoms with Gasteiger partial charge in [-0.25, -0.2) is 0 Å². The molecule has 0 spiro atoms. The Bertz CT molecular complexity index is 676. The van der Waals surface area contributed by atoms with Crippen LogP contribution in [0.15, 0.2) is 36.4 Å². The Balaban J connectivity index is 0.00000242. The zero-order valence-electron chi connectivity index (χ0n) is 13.1. The molecule has 2 rings (SSSR count). The molecule has 0 aromatic heterocycles. The number of methoxy groups -OCH3 is 2. The first kappa shape index (κ1) is 19.1. The Labute approximate surface area is 149 Å². The van der Waals surface area contributed by atoms with E-state index in [1.165, 1.54) is 7.11 Å². The molecule has 0 saturated heterocycles. The zero-order valence-corrected chi connectivity index (χ0v) is 14.8. The average Bonchev–Trinajstić information content (AvgIpc) is 2.48. The van der Waals surface area contributed by atoms with E-state index in [9.17, 15) is 4.79 Å². The van der Waals surface area contributed by atoms with Crippen LogP contribution in [-0.2, 0) is 0 Å². The van der Waals surface area contributed by atoms with Crippen molar-refractivity contribution in [3.63, 3.8) is 0 Å². The topological polar surface area (TPSA) is 35.5 Å². The molecule has 0 aliphatic heterocycles. The molecule has 1 atom stereocenters. The minimum absolute atomic E-state index is 0. The molecule has 0 aliphatic rings. The Morgan fingerprint density at radius 3 is 2.45 bits per heavy atom. The number of aryl methyl sites for hydroxylation is 1. The molecule has 0 bridgehead atoms. The van der Waals surface area contributed by atoms with Gasteiger partial charge in [0.25, 0.3) is 0 Å². The van der Waals surface area contributed by atoms with Crippen LogP contribution >= 0.6 is 20.2 Å². The number of carbonyl (C=O) groups is 1. The quantitative estimate of drug-likeness (QED) is 0.623. The summed E-state index contributed by atoms with van der Waals surface area (Å²) >= 11 is 6.14. The summed E-state index contributed by atoms with van der Waals surface area (Å²) in [6.45, 7) is 1.96. The molecule has 0 heterocycles. The Morgan fingerprint density at radius 1 is 1.14 bits per heavy atom. The third-order valence-corrected chi connectivity index (χ3v) is 4.73. The number of benzene rings is 2. The van der Waals surface area contributed by atoms with Gasteiger partial charge < -0.3 is 9.47 Å². The van der Waals surface area contributed by atoms with Crippen molar-refractivity contribution in [3.05, 3.63) is 52.5 Å². The van der Waals surface area contributed by atoms with Gasteiger partial charge >= 0.3 is 0 Å². The van der Waals surface area contributed by atoms with E-state index in [0.29, 0.717) is 16.3 Å². The predicted octanol–water partition coefficient (Wildman–Crippen LogP) is 3.43. The summed E-state index contributed by atoms with van der Waals surface area (Å²) < 4.78 is 10.4. The molecule has 0 N–H and O–H groups in total. The van der Waals surface area contributed by atoms with E-state index < -0.39 is 0 Å². The smallest absolute Gasteiger partial charge is 0.190 e. The van der Waals surface area contributed by atoms with Gasteiger partial charge in [-0.1, -0.05) is 23.7 Å². The van der Waals surface area contributed by atoms with Crippen LogP contribution in [0.25, 0.3) is 0 Å². The molecule has 0 amide bonds. The number of hydrogen-bond donors (Lipinski definition) is 0. The van der Waals surface area contributed by atoms with Crippen LogP contribution in [0, 0.1) is 6.92 Å². The zero-order chi connectivity index (χ0) is 15.4. The second-order valence-corrected chi connectivity index (χ2v) is 6.10. The maximum Gasteiger partial charge on any atom is 0.190 e. The Hall–Kier alpha value is -0.973. The fraction of sp³-hybridized carbons (Fsp3) is 0.188. The Kier molecular flexibility index (Phi) is 7.46. The molecule has 1 radical (unpaired) electrons. The van der Waals surface area contributed by atoms with Gasteiger partial charge in [-0.3, -0.25) is 4.79 Å². The summed E-state index contributed by atoms with van der Waals surface area (Å²) in [6, 6.07) is 10.9. The first-order chi connectivity index (χ1) is 10.1. The van der Waals surface area contributed by atoms with Gasteiger partial charge in [0, 0.05) is 18.9 Å². The third kappa shape index (κ3) is 4.28. The molecule has 22 heavy (non-hydrogen) atoms. The van der Waals surface area contributed by atoms with Gasteiger partial charge in [-0.05, 0) is 50.6 Å². The van der Waals surface area contributed by atoms with Crippen molar-refractivity contribution in [2.75, 3.05) is 14.2 Å². The van der Waals surface area contributed by atoms with Crippen molar-refractivity contribution in [1.82, 2.24) is 0 Å².